The first kappa shape index (κ1) is 9.31. The van der Waals surface area contributed by atoms with E-state index in [1.165, 1.54) is 0 Å². The van der Waals surface area contributed by atoms with Gasteiger partial charge in [-0.15, -0.1) is 0 Å². The Labute approximate surface area is 57.0 Å². The number of hydrogen-bond acceptors (Lipinski definition) is 3. The van der Waals surface area contributed by atoms with Gasteiger partial charge in [-0.1, -0.05) is 13.8 Å². The molecule has 9 heavy (non-hydrogen) atoms. The van der Waals surface area contributed by atoms with Gasteiger partial charge >= 0.3 is 0 Å². The molecule has 56 valence electrons. The normalized spacial score (nSPS) is 13.3. The van der Waals surface area contributed by atoms with Gasteiger partial charge in [0.1, 0.15) is 0 Å². The van der Waals surface area contributed by atoms with Gasteiger partial charge in [-0.2, -0.15) is 0 Å². The van der Waals surface area contributed by atoms with Crippen LogP contribution in [-0.4, -0.2) is 23.2 Å². The molecular weight excluding hydrogens is 139 g/mol. The summed E-state index contributed by atoms with van der Waals surface area (Å²) in [4.78, 5) is 8.25. The Hall–Kier alpha value is 0.310. The maximum Gasteiger partial charge on any atom is 0.152 e. The summed E-state index contributed by atoms with van der Waals surface area (Å²) in [6, 6.07) is 0. The van der Waals surface area contributed by atoms with Crippen molar-refractivity contribution in [3.05, 3.63) is 0 Å². The molecule has 3 nitrogen and oxygen atoms in total. The van der Waals surface area contributed by atoms with Gasteiger partial charge in [-0.05, 0) is 0 Å². The van der Waals surface area contributed by atoms with Crippen molar-refractivity contribution < 1.29 is 14.5 Å². The first-order chi connectivity index (χ1) is 4.12. The van der Waals surface area contributed by atoms with Crippen LogP contribution in [0.4, 0.5) is 0 Å². The van der Waals surface area contributed by atoms with Crippen LogP contribution in [0, 0.1) is 5.41 Å². The molecule has 0 bridgehead atoms. The standard InChI is InChI=1S/C5H13O3P/c1-5(2,3-6)4-8-9-7/h6-7,9H,3-4H2,1-2H3. The van der Waals surface area contributed by atoms with Gasteiger partial charge in [0.15, 0.2) is 9.03 Å². The van der Waals surface area contributed by atoms with Crippen molar-refractivity contribution in [3.63, 3.8) is 0 Å². The lowest BCUT2D eigenvalue weighted by Crippen LogP contribution is -2.21. The quantitative estimate of drug-likeness (QED) is 0.577. The first-order valence-electron chi connectivity index (χ1n) is 2.74. The summed E-state index contributed by atoms with van der Waals surface area (Å²) < 4.78 is 4.71. The molecule has 0 aliphatic heterocycles. The molecule has 1 atom stereocenters. The zero-order valence-electron chi connectivity index (χ0n) is 5.72. The second-order valence-corrected chi connectivity index (χ2v) is 3.17. The third-order valence-electron chi connectivity index (χ3n) is 0.955. The average molecular weight is 152 g/mol. The molecule has 0 aliphatic rings. The SMILES string of the molecule is CC(C)(CO)COPO. The summed E-state index contributed by atoms with van der Waals surface area (Å²) in [6.07, 6.45) is 0. The van der Waals surface area contributed by atoms with E-state index in [0.29, 0.717) is 6.61 Å². The molecule has 0 spiro atoms. The van der Waals surface area contributed by atoms with Crippen LogP contribution in [0.1, 0.15) is 13.8 Å². The highest BCUT2D eigenvalue weighted by atomic mass is 31.1. The van der Waals surface area contributed by atoms with Gasteiger partial charge in [0.25, 0.3) is 0 Å². The van der Waals surface area contributed by atoms with E-state index in [4.69, 9.17) is 14.5 Å². The highest BCUT2D eigenvalue weighted by Gasteiger charge is 2.15. The average Bonchev–Trinajstić information content (AvgIpc) is 1.84. The highest BCUT2D eigenvalue weighted by molar-refractivity contribution is 7.24. The fourth-order valence-electron chi connectivity index (χ4n) is 0.273. The van der Waals surface area contributed by atoms with Crippen LogP contribution in [-0.2, 0) is 4.52 Å². The van der Waals surface area contributed by atoms with E-state index < -0.39 is 9.03 Å². The minimum atomic E-state index is -0.477. The third-order valence-corrected chi connectivity index (χ3v) is 1.23. The molecule has 0 aromatic carbocycles. The van der Waals surface area contributed by atoms with Gasteiger partial charge < -0.3 is 14.5 Å². The molecule has 1 unspecified atom stereocenters. The fraction of sp³-hybridized carbons (Fsp3) is 1.00. The van der Waals surface area contributed by atoms with Gasteiger partial charge in [-0.25, -0.2) is 0 Å². The maximum absolute atomic E-state index is 8.66. The lowest BCUT2D eigenvalue weighted by atomic mass is 9.97. The summed E-state index contributed by atoms with van der Waals surface area (Å²) in [6.45, 7) is 4.22. The summed E-state index contributed by atoms with van der Waals surface area (Å²) in [5.74, 6) is 0. The van der Waals surface area contributed by atoms with Gasteiger partial charge in [0.2, 0.25) is 0 Å². The minimum absolute atomic E-state index is 0.0808. The lowest BCUT2D eigenvalue weighted by Gasteiger charge is -2.19. The van der Waals surface area contributed by atoms with Crippen LogP contribution >= 0.6 is 9.03 Å². The molecule has 0 radical (unpaired) electrons. The zero-order valence-corrected chi connectivity index (χ0v) is 6.72. The van der Waals surface area contributed by atoms with E-state index in [1.54, 1.807) is 0 Å². The molecule has 0 aromatic rings. The number of hydrogen-bond donors (Lipinski definition) is 2. The lowest BCUT2D eigenvalue weighted by molar-refractivity contribution is 0.101. The molecule has 0 aromatic heterocycles. The minimum Gasteiger partial charge on any atom is -0.396 e. The molecule has 0 saturated heterocycles. The van der Waals surface area contributed by atoms with Crippen LogP contribution < -0.4 is 0 Å². The Morgan fingerprint density at radius 3 is 2.44 bits per heavy atom. The van der Waals surface area contributed by atoms with Crippen LogP contribution in [0.3, 0.4) is 0 Å². The molecule has 2 N–H and O–H groups in total. The Morgan fingerprint density at radius 2 is 2.11 bits per heavy atom. The number of rotatable bonds is 4. The first-order valence-corrected chi connectivity index (χ1v) is 3.60. The Kier molecular flexibility index (Phi) is 4.32. The zero-order chi connectivity index (χ0) is 7.33. The Balaban J connectivity index is 3.33. The van der Waals surface area contributed by atoms with E-state index in [-0.39, 0.29) is 12.0 Å². The summed E-state index contributed by atoms with van der Waals surface area (Å²) in [7, 11) is -0.477. The van der Waals surface area contributed by atoms with E-state index >= 15 is 0 Å². The molecule has 0 saturated carbocycles. The highest BCUT2D eigenvalue weighted by Crippen LogP contribution is 2.17. The maximum atomic E-state index is 8.66. The van der Waals surface area contributed by atoms with Crippen LogP contribution in [0.2, 0.25) is 0 Å². The number of aliphatic hydroxyl groups excluding tert-OH is 1. The van der Waals surface area contributed by atoms with Crippen LogP contribution in [0.5, 0.6) is 0 Å². The van der Waals surface area contributed by atoms with E-state index in [0.717, 1.165) is 0 Å². The fourth-order valence-corrected chi connectivity index (χ4v) is 0.729. The second-order valence-electron chi connectivity index (χ2n) is 2.70. The summed E-state index contributed by atoms with van der Waals surface area (Å²) in [5.41, 5.74) is -0.226. The van der Waals surface area contributed by atoms with Crippen molar-refractivity contribution in [3.8, 4) is 0 Å². The molecule has 0 rings (SSSR count). The molecule has 0 heterocycles. The topological polar surface area (TPSA) is 49.7 Å². The Morgan fingerprint density at radius 1 is 1.56 bits per heavy atom. The second kappa shape index (κ2) is 4.18. The third kappa shape index (κ3) is 4.79. The van der Waals surface area contributed by atoms with Crippen molar-refractivity contribution in [2.45, 2.75) is 13.8 Å². The van der Waals surface area contributed by atoms with Crippen molar-refractivity contribution in [1.82, 2.24) is 0 Å². The predicted molar refractivity (Wildman–Crippen MR) is 37.4 cm³/mol. The smallest absolute Gasteiger partial charge is 0.152 e. The van der Waals surface area contributed by atoms with Gasteiger partial charge in [0.05, 0.1) is 13.2 Å². The van der Waals surface area contributed by atoms with Gasteiger partial charge in [0, 0.05) is 5.41 Å². The monoisotopic (exact) mass is 152 g/mol. The van der Waals surface area contributed by atoms with Crippen LogP contribution in [0.15, 0.2) is 0 Å². The molecule has 0 aliphatic carbocycles. The van der Waals surface area contributed by atoms with E-state index in [9.17, 15) is 0 Å². The largest absolute Gasteiger partial charge is 0.396 e. The van der Waals surface area contributed by atoms with Gasteiger partial charge in [-0.3, -0.25) is 0 Å². The predicted octanol–water partition coefficient (Wildman–Crippen LogP) is 0.522. The molecule has 4 heteroatoms. The van der Waals surface area contributed by atoms with Crippen molar-refractivity contribution in [2.75, 3.05) is 13.2 Å². The molecule has 0 fully saturated rings. The van der Waals surface area contributed by atoms with Crippen molar-refractivity contribution in [2.24, 2.45) is 5.41 Å². The van der Waals surface area contributed by atoms with E-state index in [1.807, 2.05) is 13.8 Å². The number of aliphatic hydroxyl groups is 1. The summed E-state index contributed by atoms with van der Waals surface area (Å²) >= 11 is 0. The van der Waals surface area contributed by atoms with Crippen LogP contribution in [0.25, 0.3) is 0 Å². The Bertz CT molecular complexity index is 74.6. The van der Waals surface area contributed by atoms with Crippen molar-refractivity contribution >= 4 is 9.03 Å². The summed E-state index contributed by atoms with van der Waals surface area (Å²) in [5, 5.41) is 8.66. The molecule has 0 amide bonds. The van der Waals surface area contributed by atoms with E-state index in [2.05, 4.69) is 0 Å². The molecular formula is C5H13O3P. The van der Waals surface area contributed by atoms with Crippen molar-refractivity contribution in [1.29, 1.82) is 0 Å².